The van der Waals surface area contributed by atoms with Gasteiger partial charge in [0.05, 0.1) is 45.6 Å². The number of benzene rings is 10. The molecular weight excluding hydrogens is 1480 g/mol. The van der Waals surface area contributed by atoms with Crippen LogP contribution in [0.15, 0.2) is 401 Å². The van der Waals surface area contributed by atoms with Gasteiger partial charge in [-0.3, -0.25) is 15.0 Å². The molecule has 0 saturated carbocycles. The summed E-state index contributed by atoms with van der Waals surface area (Å²) in [5, 5.41) is 0. The molecule has 120 heavy (non-hydrogen) atoms. The van der Waals surface area contributed by atoms with E-state index < -0.39 is 0 Å². The van der Waals surface area contributed by atoms with Gasteiger partial charge in [-0.05, 0) is 95.1 Å². The lowest BCUT2D eigenvalue weighted by atomic mass is 10.0. The molecule has 0 spiro atoms. The van der Waals surface area contributed by atoms with Crippen molar-refractivity contribution in [2.24, 2.45) is 0 Å². The highest BCUT2D eigenvalue weighted by molar-refractivity contribution is 5.80. The van der Waals surface area contributed by atoms with Crippen molar-refractivity contribution in [1.29, 1.82) is 0 Å². The van der Waals surface area contributed by atoms with Crippen LogP contribution in [0.5, 0.6) is 0 Å². The van der Waals surface area contributed by atoms with E-state index in [2.05, 4.69) is 48.5 Å². The lowest BCUT2D eigenvalue weighted by Gasteiger charge is -2.11. The summed E-state index contributed by atoms with van der Waals surface area (Å²) in [6.07, 6.45) is 5.37. The average Bonchev–Trinajstić information content (AvgIpc) is 0.787. The molecule has 0 atom stereocenters. The lowest BCUT2D eigenvalue weighted by molar-refractivity contribution is 1.06. The monoisotopic (exact) mass is 1540 g/mol. The topological polar surface area (TPSA) is 232 Å². The molecule has 0 amide bonds. The van der Waals surface area contributed by atoms with Gasteiger partial charge in [-0.25, -0.2) is 74.8 Å². The zero-order valence-corrected chi connectivity index (χ0v) is 64.2. The average molecular weight is 1540 g/mol. The van der Waals surface area contributed by atoms with Gasteiger partial charge in [-0.1, -0.05) is 309 Å². The third-order valence-electron chi connectivity index (χ3n) is 19.8. The summed E-state index contributed by atoms with van der Waals surface area (Å²) in [6, 6.07) is 126. The largest absolute Gasteiger partial charge is 0.254 e. The quantitative estimate of drug-likeness (QED) is 0.0777. The summed E-state index contributed by atoms with van der Waals surface area (Å²) >= 11 is 0. The SMILES string of the molecule is c1ccc(-c2cc(-c3ccc(-c4nc(-c5ccccc5)nc(-c5ccccc5)n4)cn3)nc(-c3ccc(-c4nc(-c5ccccc5)nc(-c5ccccc5)n4)cn3)c2)cc1.c1ccc(-c2cc(-c3ccc(-c4nc(-c5ccccc5)nc(-c5ccccc5)n4)cn3)nc(-c3cccc(-c4nc(-c5ccccc5)nc(-c5ccccc5)n4)n3)c2)cc1. The Bertz CT molecular complexity index is 6530. The molecule has 18 nitrogen and oxygen atoms in total. The third-order valence-corrected chi connectivity index (χ3v) is 19.8. The summed E-state index contributed by atoms with van der Waals surface area (Å²) in [5.74, 6) is 6.72. The second-order valence-electron chi connectivity index (χ2n) is 27.8. The second-order valence-corrected chi connectivity index (χ2v) is 27.8. The van der Waals surface area contributed by atoms with E-state index >= 15 is 0 Å². The van der Waals surface area contributed by atoms with Gasteiger partial charge in [-0.15, -0.1) is 0 Å². The summed E-state index contributed by atoms with van der Waals surface area (Å²) in [6.45, 7) is 0. The Labute approximate surface area is 690 Å². The Morgan fingerprint density at radius 1 is 0.100 bits per heavy atom. The molecule has 20 rings (SSSR count). The number of nitrogens with zero attached hydrogens (tertiary/aromatic N) is 18. The van der Waals surface area contributed by atoms with Gasteiger partial charge in [0.25, 0.3) is 0 Å². The van der Waals surface area contributed by atoms with Crippen LogP contribution in [-0.4, -0.2) is 89.7 Å². The summed E-state index contributed by atoms with van der Waals surface area (Å²) in [7, 11) is 0. The Morgan fingerprint density at radius 2 is 0.283 bits per heavy atom. The highest BCUT2D eigenvalue weighted by atomic mass is 15.1. The minimum atomic E-state index is 0.463. The molecule has 564 valence electrons. The standard InChI is InChI=1S/2C51H33N9/c1-6-17-34(18-7-1)40-31-44(41-30-29-39(33-52-41)50-57-46(35-19-8-2-9-20-35)55-47(58-50)36-21-10-3-11-22-36)54-45(32-40)42-27-16-28-43(53-42)51-59-48(37-23-12-4-13-24-37)56-49(60-51)38-25-14-5-15-26-38;1-6-16-34(17-7-1)41-30-44(42-28-26-39(32-52-42)50-57-46(35-18-8-2-9-19-35)55-47(58-50)36-20-10-3-11-21-36)54-45(31-41)43-29-27-40(33-53-43)51-59-48(37-22-12-4-13-23-37)56-49(60-51)38-24-14-5-15-25-38/h2*1-33H. The van der Waals surface area contributed by atoms with Crippen LogP contribution in [0.25, 0.3) is 205 Å². The van der Waals surface area contributed by atoms with Crippen molar-refractivity contribution in [3.8, 4) is 205 Å². The molecule has 0 fully saturated rings. The molecule has 18 heteroatoms. The van der Waals surface area contributed by atoms with Gasteiger partial charge < -0.3 is 0 Å². The van der Waals surface area contributed by atoms with Crippen molar-refractivity contribution in [3.63, 3.8) is 0 Å². The maximum atomic E-state index is 5.16. The molecule has 0 aliphatic rings. The fourth-order valence-electron chi connectivity index (χ4n) is 13.7. The first-order valence-corrected chi connectivity index (χ1v) is 38.9. The summed E-state index contributed by atoms with van der Waals surface area (Å²) in [5.41, 5.74) is 19.6. The highest BCUT2D eigenvalue weighted by Gasteiger charge is 2.22. The van der Waals surface area contributed by atoms with E-state index in [9.17, 15) is 0 Å². The van der Waals surface area contributed by atoms with E-state index in [4.69, 9.17) is 89.7 Å². The molecule has 10 heterocycles. The van der Waals surface area contributed by atoms with Crippen LogP contribution in [0.2, 0.25) is 0 Å². The minimum Gasteiger partial charge on any atom is -0.254 e. The summed E-state index contributed by atoms with van der Waals surface area (Å²) < 4.78 is 0. The van der Waals surface area contributed by atoms with Crippen LogP contribution in [0.1, 0.15) is 0 Å². The van der Waals surface area contributed by atoms with Crippen molar-refractivity contribution in [3.05, 3.63) is 401 Å². The van der Waals surface area contributed by atoms with Crippen LogP contribution < -0.4 is 0 Å². The molecule has 0 N–H and O–H groups in total. The number of pyridine rings is 6. The first kappa shape index (κ1) is 73.3. The van der Waals surface area contributed by atoms with Crippen LogP contribution in [0.3, 0.4) is 0 Å². The maximum Gasteiger partial charge on any atom is 0.182 e. The maximum absolute atomic E-state index is 5.16. The van der Waals surface area contributed by atoms with Crippen molar-refractivity contribution in [2.75, 3.05) is 0 Å². The van der Waals surface area contributed by atoms with E-state index in [1.54, 1.807) is 18.6 Å². The number of hydrogen-bond acceptors (Lipinski definition) is 18. The first-order valence-electron chi connectivity index (χ1n) is 38.9. The minimum absolute atomic E-state index is 0.463. The molecule has 10 aromatic heterocycles. The molecule has 0 radical (unpaired) electrons. The lowest BCUT2D eigenvalue weighted by Crippen LogP contribution is -2.02. The van der Waals surface area contributed by atoms with E-state index in [0.717, 1.165) is 83.5 Å². The van der Waals surface area contributed by atoms with Gasteiger partial charge in [0.2, 0.25) is 0 Å². The zero-order valence-electron chi connectivity index (χ0n) is 64.2. The number of aromatic nitrogens is 18. The molecular formula is C102H66N18. The van der Waals surface area contributed by atoms with E-state index in [-0.39, 0.29) is 0 Å². The number of rotatable bonds is 18. The Kier molecular flexibility index (Phi) is 20.8. The van der Waals surface area contributed by atoms with Crippen molar-refractivity contribution in [2.45, 2.75) is 0 Å². The molecule has 0 unspecified atom stereocenters. The Hall–Kier alpha value is -16.9. The first-order chi connectivity index (χ1) is 59.4. The summed E-state index contributed by atoms with van der Waals surface area (Å²) in [4.78, 5) is 88.6. The highest BCUT2D eigenvalue weighted by Crippen LogP contribution is 2.36. The van der Waals surface area contributed by atoms with Crippen molar-refractivity contribution in [1.82, 2.24) is 89.7 Å². The smallest absolute Gasteiger partial charge is 0.182 e. The van der Waals surface area contributed by atoms with E-state index in [1.807, 2.05) is 334 Å². The molecule has 20 aromatic rings. The van der Waals surface area contributed by atoms with Crippen LogP contribution >= 0.6 is 0 Å². The van der Waals surface area contributed by atoms with Gasteiger partial charge >= 0.3 is 0 Å². The van der Waals surface area contributed by atoms with Gasteiger partial charge in [0, 0.05) is 79.8 Å². The molecule has 10 aromatic carbocycles. The predicted molar refractivity (Wildman–Crippen MR) is 471 cm³/mol. The zero-order chi connectivity index (χ0) is 80.2. The molecule has 0 saturated heterocycles. The molecule has 0 bridgehead atoms. The predicted octanol–water partition coefficient (Wildman–Crippen LogP) is 22.5. The Morgan fingerprint density at radius 3 is 0.500 bits per heavy atom. The van der Waals surface area contributed by atoms with Crippen LogP contribution in [-0.2, 0) is 0 Å². The fourth-order valence-corrected chi connectivity index (χ4v) is 13.7. The van der Waals surface area contributed by atoms with Crippen LogP contribution in [0, 0.1) is 0 Å². The van der Waals surface area contributed by atoms with Crippen molar-refractivity contribution >= 4 is 0 Å². The van der Waals surface area contributed by atoms with Gasteiger partial charge in [0.15, 0.2) is 69.9 Å². The van der Waals surface area contributed by atoms with E-state index in [1.165, 1.54) is 0 Å². The fraction of sp³-hybridized carbons (Fsp3) is 0. The number of hydrogen-bond donors (Lipinski definition) is 0. The Balaban J connectivity index is 0.000000159. The van der Waals surface area contributed by atoms with Gasteiger partial charge in [0.1, 0.15) is 5.69 Å². The van der Waals surface area contributed by atoms with E-state index in [0.29, 0.717) is 121 Å². The molecule has 0 aliphatic heterocycles. The van der Waals surface area contributed by atoms with Crippen LogP contribution in [0.4, 0.5) is 0 Å². The van der Waals surface area contributed by atoms with Crippen molar-refractivity contribution < 1.29 is 0 Å². The normalized spacial score (nSPS) is 11.0. The third kappa shape index (κ3) is 16.6. The second kappa shape index (κ2) is 34.1. The van der Waals surface area contributed by atoms with Gasteiger partial charge in [-0.2, -0.15) is 0 Å². The molecule has 0 aliphatic carbocycles.